The first-order valence-corrected chi connectivity index (χ1v) is 6.18. The van der Waals surface area contributed by atoms with E-state index in [0.29, 0.717) is 17.8 Å². The second kappa shape index (κ2) is 5.75. The number of nitrogens with zero attached hydrogens (tertiary/aromatic N) is 2. The van der Waals surface area contributed by atoms with Crippen LogP contribution in [0.1, 0.15) is 11.1 Å². The highest BCUT2D eigenvalue weighted by atomic mass is 32.1. The molecule has 0 spiro atoms. The molecule has 0 bridgehead atoms. The Morgan fingerprint density at radius 2 is 2.00 bits per heavy atom. The van der Waals surface area contributed by atoms with Gasteiger partial charge in [-0.25, -0.2) is 4.39 Å². The number of benzene rings is 1. The van der Waals surface area contributed by atoms with E-state index < -0.39 is 0 Å². The molecule has 1 aromatic heterocycles. The first-order valence-electron chi connectivity index (χ1n) is 5.77. The standard InChI is InChI=1S/C14H14FN3S/c1-18(9-10-4-6-17-7-5-10)13-3-2-11(14(16)19)8-12(13)15/h2-8H,9H2,1H3,(H2,16,19). The molecule has 0 radical (unpaired) electrons. The first-order chi connectivity index (χ1) is 9.08. The summed E-state index contributed by atoms with van der Waals surface area (Å²) in [4.78, 5) is 5.98. The fourth-order valence-corrected chi connectivity index (χ4v) is 1.94. The number of anilines is 1. The maximum absolute atomic E-state index is 14.0. The molecule has 0 amide bonds. The number of hydrogen-bond acceptors (Lipinski definition) is 3. The molecule has 98 valence electrons. The lowest BCUT2D eigenvalue weighted by Gasteiger charge is -2.20. The number of pyridine rings is 1. The number of hydrogen-bond donors (Lipinski definition) is 1. The van der Waals surface area contributed by atoms with Crippen molar-refractivity contribution in [1.29, 1.82) is 0 Å². The zero-order chi connectivity index (χ0) is 13.8. The number of thiocarbonyl (C=S) groups is 1. The van der Waals surface area contributed by atoms with Gasteiger partial charge in [0, 0.05) is 31.5 Å². The van der Waals surface area contributed by atoms with Gasteiger partial charge in [0.15, 0.2) is 0 Å². The summed E-state index contributed by atoms with van der Waals surface area (Å²) in [7, 11) is 1.83. The summed E-state index contributed by atoms with van der Waals surface area (Å²) in [5, 5.41) is 0. The van der Waals surface area contributed by atoms with Crippen molar-refractivity contribution < 1.29 is 4.39 Å². The molecule has 5 heteroatoms. The lowest BCUT2D eigenvalue weighted by Crippen LogP contribution is -2.18. The van der Waals surface area contributed by atoms with Crippen LogP contribution in [0.3, 0.4) is 0 Å². The Kier molecular flexibility index (Phi) is 4.06. The quantitative estimate of drug-likeness (QED) is 0.871. The van der Waals surface area contributed by atoms with Crippen molar-refractivity contribution in [3.8, 4) is 0 Å². The molecule has 0 saturated carbocycles. The fraction of sp³-hybridized carbons (Fsp3) is 0.143. The van der Waals surface area contributed by atoms with Gasteiger partial charge in [0.25, 0.3) is 0 Å². The third-order valence-electron chi connectivity index (χ3n) is 2.81. The summed E-state index contributed by atoms with van der Waals surface area (Å²) >= 11 is 4.83. The number of rotatable bonds is 4. The molecule has 0 aliphatic rings. The smallest absolute Gasteiger partial charge is 0.147 e. The van der Waals surface area contributed by atoms with Gasteiger partial charge < -0.3 is 10.6 Å². The molecule has 0 aliphatic carbocycles. The highest BCUT2D eigenvalue weighted by Crippen LogP contribution is 2.21. The average Bonchev–Trinajstić information content (AvgIpc) is 2.39. The zero-order valence-electron chi connectivity index (χ0n) is 10.5. The zero-order valence-corrected chi connectivity index (χ0v) is 11.3. The van der Waals surface area contributed by atoms with E-state index in [4.69, 9.17) is 18.0 Å². The Hall–Kier alpha value is -2.01. The molecule has 2 aromatic rings. The molecule has 3 nitrogen and oxygen atoms in total. The van der Waals surface area contributed by atoms with Crippen LogP contribution in [-0.2, 0) is 6.54 Å². The molecule has 1 aromatic carbocycles. The molecule has 0 saturated heterocycles. The molecule has 0 unspecified atom stereocenters. The molecule has 19 heavy (non-hydrogen) atoms. The third kappa shape index (κ3) is 3.26. The summed E-state index contributed by atoms with van der Waals surface area (Å²) in [5.41, 5.74) is 7.59. The van der Waals surface area contributed by atoms with Crippen LogP contribution in [0.5, 0.6) is 0 Å². The predicted octanol–water partition coefficient (Wildman–Crippen LogP) is 2.49. The van der Waals surface area contributed by atoms with E-state index in [1.165, 1.54) is 6.07 Å². The van der Waals surface area contributed by atoms with Crippen molar-refractivity contribution >= 4 is 22.9 Å². The topological polar surface area (TPSA) is 42.2 Å². The summed E-state index contributed by atoms with van der Waals surface area (Å²) in [6, 6.07) is 8.57. The Balaban J connectivity index is 2.20. The predicted molar refractivity (Wildman–Crippen MR) is 78.6 cm³/mol. The first kappa shape index (κ1) is 13.4. The maximum atomic E-state index is 14.0. The molecule has 0 fully saturated rings. The van der Waals surface area contributed by atoms with E-state index in [9.17, 15) is 4.39 Å². The van der Waals surface area contributed by atoms with Gasteiger partial charge in [0.2, 0.25) is 0 Å². The van der Waals surface area contributed by atoms with Crippen molar-refractivity contribution in [2.75, 3.05) is 11.9 Å². The van der Waals surface area contributed by atoms with Crippen LogP contribution in [0.2, 0.25) is 0 Å². The number of halogens is 1. The van der Waals surface area contributed by atoms with Crippen LogP contribution >= 0.6 is 12.2 Å². The second-order valence-corrected chi connectivity index (χ2v) is 4.68. The highest BCUT2D eigenvalue weighted by molar-refractivity contribution is 7.80. The average molecular weight is 275 g/mol. The van der Waals surface area contributed by atoms with E-state index in [1.54, 1.807) is 24.5 Å². The van der Waals surface area contributed by atoms with Crippen molar-refractivity contribution in [2.45, 2.75) is 6.54 Å². The third-order valence-corrected chi connectivity index (χ3v) is 3.05. The molecular formula is C14H14FN3S. The highest BCUT2D eigenvalue weighted by Gasteiger charge is 2.09. The van der Waals surface area contributed by atoms with E-state index in [1.807, 2.05) is 24.1 Å². The summed E-state index contributed by atoms with van der Waals surface area (Å²) < 4.78 is 14.0. The molecular weight excluding hydrogens is 261 g/mol. The van der Waals surface area contributed by atoms with Gasteiger partial charge >= 0.3 is 0 Å². The second-order valence-electron chi connectivity index (χ2n) is 4.24. The Bertz CT molecular complexity index is 586. The largest absolute Gasteiger partial charge is 0.389 e. The monoisotopic (exact) mass is 275 g/mol. The Morgan fingerprint density at radius 3 is 2.58 bits per heavy atom. The van der Waals surface area contributed by atoms with Crippen LogP contribution in [0.15, 0.2) is 42.7 Å². The maximum Gasteiger partial charge on any atom is 0.147 e. The summed E-state index contributed by atoms with van der Waals surface area (Å²) in [5.74, 6) is -0.332. The fourth-order valence-electron chi connectivity index (χ4n) is 1.82. The van der Waals surface area contributed by atoms with Crippen molar-refractivity contribution in [3.05, 3.63) is 59.7 Å². The van der Waals surface area contributed by atoms with E-state index in [0.717, 1.165) is 5.56 Å². The van der Waals surface area contributed by atoms with Crippen LogP contribution in [0.25, 0.3) is 0 Å². The normalized spacial score (nSPS) is 10.2. The Morgan fingerprint density at radius 1 is 1.32 bits per heavy atom. The van der Waals surface area contributed by atoms with Crippen molar-refractivity contribution in [1.82, 2.24) is 4.98 Å². The van der Waals surface area contributed by atoms with Crippen LogP contribution < -0.4 is 10.6 Å². The summed E-state index contributed by atoms with van der Waals surface area (Å²) in [6.45, 7) is 0.603. The van der Waals surface area contributed by atoms with Crippen LogP contribution in [0.4, 0.5) is 10.1 Å². The van der Waals surface area contributed by atoms with E-state index >= 15 is 0 Å². The molecule has 0 atom stereocenters. The molecule has 2 N–H and O–H groups in total. The van der Waals surface area contributed by atoms with Gasteiger partial charge in [-0.15, -0.1) is 0 Å². The SMILES string of the molecule is CN(Cc1ccncc1)c1ccc(C(N)=S)cc1F. The molecule has 2 rings (SSSR count). The van der Waals surface area contributed by atoms with Gasteiger partial charge in [-0.3, -0.25) is 4.98 Å². The minimum atomic E-state index is -0.332. The number of aromatic nitrogens is 1. The summed E-state index contributed by atoms with van der Waals surface area (Å²) in [6.07, 6.45) is 3.44. The van der Waals surface area contributed by atoms with Gasteiger partial charge in [-0.1, -0.05) is 12.2 Å². The lowest BCUT2D eigenvalue weighted by molar-refractivity contribution is 0.622. The lowest BCUT2D eigenvalue weighted by atomic mass is 10.1. The van der Waals surface area contributed by atoms with Gasteiger partial charge in [-0.2, -0.15) is 0 Å². The van der Waals surface area contributed by atoms with E-state index in [-0.39, 0.29) is 10.8 Å². The van der Waals surface area contributed by atoms with Crippen molar-refractivity contribution in [2.24, 2.45) is 5.73 Å². The Labute approximate surface area is 116 Å². The molecule has 1 heterocycles. The van der Waals surface area contributed by atoms with Crippen molar-refractivity contribution in [3.63, 3.8) is 0 Å². The van der Waals surface area contributed by atoms with Gasteiger partial charge in [0.1, 0.15) is 10.8 Å². The van der Waals surface area contributed by atoms with Gasteiger partial charge in [-0.05, 0) is 35.9 Å². The van der Waals surface area contributed by atoms with Crippen LogP contribution in [-0.4, -0.2) is 17.0 Å². The minimum Gasteiger partial charge on any atom is -0.389 e. The van der Waals surface area contributed by atoms with Crippen LogP contribution in [0, 0.1) is 5.82 Å². The minimum absolute atomic E-state index is 0.197. The van der Waals surface area contributed by atoms with E-state index in [2.05, 4.69) is 4.98 Å². The molecule has 0 aliphatic heterocycles. The number of nitrogens with two attached hydrogens (primary N) is 1. The van der Waals surface area contributed by atoms with Gasteiger partial charge in [0.05, 0.1) is 5.69 Å².